The molecule has 0 spiro atoms. The largest absolute Gasteiger partial charge is 0.481 e. The smallest absolute Gasteiger partial charge is 0.320 e. The number of amides is 2. The zero-order chi connectivity index (χ0) is 15.0. The third-order valence-electron chi connectivity index (χ3n) is 2.75. The molecule has 1 rings (SSSR count). The van der Waals surface area contributed by atoms with E-state index in [9.17, 15) is 9.59 Å². The van der Waals surface area contributed by atoms with Crippen LogP contribution in [0.15, 0.2) is 24.3 Å². The summed E-state index contributed by atoms with van der Waals surface area (Å²) in [4.78, 5) is 22.1. The molecule has 0 aliphatic carbocycles. The van der Waals surface area contributed by atoms with E-state index >= 15 is 0 Å². The van der Waals surface area contributed by atoms with Gasteiger partial charge in [0, 0.05) is 12.1 Å². The van der Waals surface area contributed by atoms with Crippen LogP contribution in [0, 0.1) is 12.3 Å². The number of benzene rings is 1. The van der Waals surface area contributed by atoms with Crippen LogP contribution in [0.25, 0.3) is 0 Å². The second kappa shape index (κ2) is 7.85. The molecule has 1 atom stereocenters. The third-order valence-corrected chi connectivity index (χ3v) is 2.75. The number of anilines is 1. The highest BCUT2D eigenvalue weighted by Crippen LogP contribution is 2.11. The number of nitrogens with one attached hydrogen (secondary N) is 2. The molecule has 1 aromatic rings. The minimum atomic E-state index is -0.827. The Morgan fingerprint density at radius 3 is 2.50 bits per heavy atom. The molecule has 2 amide bonds. The maximum Gasteiger partial charge on any atom is 0.320 e. The van der Waals surface area contributed by atoms with Crippen molar-refractivity contribution < 1.29 is 14.7 Å². The highest BCUT2D eigenvalue weighted by atomic mass is 16.4. The van der Waals surface area contributed by atoms with Crippen molar-refractivity contribution in [3.8, 4) is 12.3 Å². The molecule has 0 aliphatic heterocycles. The van der Waals surface area contributed by atoms with Gasteiger partial charge in [0.05, 0.1) is 6.04 Å². The van der Waals surface area contributed by atoms with E-state index in [0.717, 1.165) is 5.56 Å². The van der Waals surface area contributed by atoms with Gasteiger partial charge in [0.1, 0.15) is 0 Å². The van der Waals surface area contributed by atoms with Crippen LogP contribution in [0.4, 0.5) is 10.5 Å². The molecule has 5 heteroatoms. The second-order valence-corrected chi connectivity index (χ2v) is 4.32. The first kappa shape index (κ1) is 15.6. The van der Waals surface area contributed by atoms with Crippen LogP contribution in [-0.4, -0.2) is 23.1 Å². The molecular weight excluding hydrogens is 256 g/mol. The molecule has 0 aromatic heterocycles. The molecule has 106 valence electrons. The molecule has 5 nitrogen and oxygen atoms in total. The molecule has 1 unspecified atom stereocenters. The van der Waals surface area contributed by atoms with E-state index in [1.807, 2.05) is 6.92 Å². The summed E-state index contributed by atoms with van der Waals surface area (Å²) in [6, 6.07) is 6.40. The predicted octanol–water partition coefficient (Wildman–Crippen LogP) is 2.24. The van der Waals surface area contributed by atoms with E-state index in [4.69, 9.17) is 11.5 Å². The molecule has 0 aliphatic rings. The fourth-order valence-corrected chi connectivity index (χ4v) is 1.59. The van der Waals surface area contributed by atoms with E-state index in [2.05, 4.69) is 16.6 Å². The molecule has 3 N–H and O–H groups in total. The molecule has 0 heterocycles. The summed E-state index contributed by atoms with van der Waals surface area (Å²) in [5.41, 5.74) is 1.54. The Balaban J connectivity index is 2.51. The summed E-state index contributed by atoms with van der Waals surface area (Å²) >= 11 is 0. The van der Waals surface area contributed by atoms with Gasteiger partial charge in [0.25, 0.3) is 0 Å². The van der Waals surface area contributed by atoms with Crippen molar-refractivity contribution in [1.82, 2.24) is 5.32 Å². The molecular formula is C15H18N2O3. The molecule has 0 fully saturated rings. The van der Waals surface area contributed by atoms with Crippen LogP contribution in [0.3, 0.4) is 0 Å². The molecule has 0 saturated carbocycles. The number of terminal acetylenes is 1. The third kappa shape index (κ3) is 5.44. The zero-order valence-corrected chi connectivity index (χ0v) is 11.3. The lowest BCUT2D eigenvalue weighted by atomic mass is 10.1. The Hall–Kier alpha value is -2.48. The summed E-state index contributed by atoms with van der Waals surface area (Å²) in [5.74, 6) is 1.65. The summed E-state index contributed by atoms with van der Waals surface area (Å²) in [6.45, 7) is 1.89. The van der Waals surface area contributed by atoms with E-state index in [1.54, 1.807) is 24.3 Å². The Kier molecular flexibility index (Phi) is 6.11. The monoisotopic (exact) mass is 274 g/mol. The lowest BCUT2D eigenvalue weighted by Gasteiger charge is -2.12. The normalized spacial score (nSPS) is 11.2. The van der Waals surface area contributed by atoms with Crippen molar-refractivity contribution in [1.29, 1.82) is 0 Å². The quantitative estimate of drug-likeness (QED) is 0.696. The van der Waals surface area contributed by atoms with Gasteiger partial charge in [-0.1, -0.05) is 25.0 Å². The Morgan fingerprint density at radius 2 is 2.00 bits per heavy atom. The predicted molar refractivity (Wildman–Crippen MR) is 77.5 cm³/mol. The number of urea groups is 1. The fourth-order valence-electron chi connectivity index (χ4n) is 1.59. The average Bonchev–Trinajstić information content (AvgIpc) is 2.44. The Labute approximate surface area is 118 Å². The standard InChI is InChI=1S/C15H18N2O3/c1-3-12(4-2)16-15(20)17-13-8-5-11(6-9-13)7-10-14(18)19/h1,5-6,8-9,12H,4,7,10H2,2H3,(H,18,19)(H2,16,17,20). The van der Waals surface area contributed by atoms with E-state index < -0.39 is 5.97 Å². The van der Waals surface area contributed by atoms with Gasteiger partial charge >= 0.3 is 12.0 Å². The lowest BCUT2D eigenvalue weighted by molar-refractivity contribution is -0.136. The lowest BCUT2D eigenvalue weighted by Crippen LogP contribution is -2.36. The van der Waals surface area contributed by atoms with Gasteiger partial charge in [-0.2, -0.15) is 0 Å². The SMILES string of the molecule is C#CC(CC)NC(=O)Nc1ccc(CCC(=O)O)cc1. The average molecular weight is 274 g/mol. The minimum absolute atomic E-state index is 0.0909. The number of carbonyl (C=O) groups excluding carboxylic acids is 1. The van der Waals surface area contributed by atoms with Crippen LogP contribution in [0.1, 0.15) is 25.3 Å². The minimum Gasteiger partial charge on any atom is -0.481 e. The highest BCUT2D eigenvalue weighted by molar-refractivity contribution is 5.89. The molecule has 0 saturated heterocycles. The number of aryl methyl sites for hydroxylation is 1. The van der Waals surface area contributed by atoms with Gasteiger partial charge in [-0.3, -0.25) is 4.79 Å². The summed E-state index contributed by atoms with van der Waals surface area (Å²) in [5, 5.41) is 13.9. The van der Waals surface area contributed by atoms with Gasteiger partial charge < -0.3 is 15.7 Å². The van der Waals surface area contributed by atoms with Gasteiger partial charge in [-0.05, 0) is 30.5 Å². The van der Waals surface area contributed by atoms with Crippen molar-refractivity contribution >= 4 is 17.7 Å². The van der Waals surface area contributed by atoms with Crippen molar-refractivity contribution in [3.05, 3.63) is 29.8 Å². The van der Waals surface area contributed by atoms with Crippen LogP contribution < -0.4 is 10.6 Å². The van der Waals surface area contributed by atoms with Gasteiger partial charge in [-0.15, -0.1) is 6.42 Å². The summed E-state index contributed by atoms with van der Waals surface area (Å²) in [7, 11) is 0. The Morgan fingerprint density at radius 1 is 1.35 bits per heavy atom. The topological polar surface area (TPSA) is 78.4 Å². The molecule has 20 heavy (non-hydrogen) atoms. The molecule has 1 aromatic carbocycles. The molecule has 0 radical (unpaired) electrons. The van der Waals surface area contributed by atoms with Gasteiger partial charge in [0.15, 0.2) is 0 Å². The van der Waals surface area contributed by atoms with Crippen molar-refractivity contribution in [2.75, 3.05) is 5.32 Å². The van der Waals surface area contributed by atoms with Crippen LogP contribution in [0.5, 0.6) is 0 Å². The number of rotatable bonds is 6. The summed E-state index contributed by atoms with van der Waals surface area (Å²) in [6.07, 6.45) is 6.49. The maximum absolute atomic E-state index is 11.6. The molecule has 0 bridgehead atoms. The first-order chi connectivity index (χ1) is 9.55. The van der Waals surface area contributed by atoms with Crippen molar-refractivity contribution in [3.63, 3.8) is 0 Å². The first-order valence-electron chi connectivity index (χ1n) is 6.39. The number of hydrogen-bond acceptors (Lipinski definition) is 2. The van der Waals surface area contributed by atoms with Crippen LogP contribution in [-0.2, 0) is 11.2 Å². The summed E-state index contributed by atoms with van der Waals surface area (Å²) < 4.78 is 0. The van der Waals surface area contributed by atoms with Crippen molar-refractivity contribution in [2.45, 2.75) is 32.2 Å². The zero-order valence-electron chi connectivity index (χ0n) is 11.3. The fraction of sp³-hybridized carbons (Fsp3) is 0.333. The number of carboxylic acids is 1. The number of carbonyl (C=O) groups is 2. The van der Waals surface area contributed by atoms with E-state index in [1.165, 1.54) is 0 Å². The number of aliphatic carboxylic acids is 1. The number of carboxylic acid groups (broad SMARTS) is 1. The van der Waals surface area contributed by atoms with Crippen molar-refractivity contribution in [2.24, 2.45) is 0 Å². The maximum atomic E-state index is 11.6. The first-order valence-corrected chi connectivity index (χ1v) is 6.39. The van der Waals surface area contributed by atoms with E-state index in [0.29, 0.717) is 18.5 Å². The second-order valence-electron chi connectivity index (χ2n) is 4.32. The van der Waals surface area contributed by atoms with E-state index in [-0.39, 0.29) is 18.5 Å². The van der Waals surface area contributed by atoms with Crippen LogP contribution in [0.2, 0.25) is 0 Å². The number of hydrogen-bond donors (Lipinski definition) is 3. The highest BCUT2D eigenvalue weighted by Gasteiger charge is 2.07. The van der Waals surface area contributed by atoms with Gasteiger partial charge in [-0.25, -0.2) is 4.79 Å². The van der Waals surface area contributed by atoms with Crippen LogP contribution >= 0.6 is 0 Å². The van der Waals surface area contributed by atoms with Gasteiger partial charge in [0.2, 0.25) is 0 Å². The Bertz CT molecular complexity index is 503.